The highest BCUT2D eigenvalue weighted by Crippen LogP contribution is 2.14. The maximum Gasteiger partial charge on any atom is 0.249 e. The molecule has 0 saturated carbocycles. The predicted octanol–water partition coefficient (Wildman–Crippen LogP) is 0.771. The first-order valence-electron chi connectivity index (χ1n) is 6.49. The van der Waals surface area contributed by atoms with Crippen LogP contribution in [0.1, 0.15) is 18.9 Å². The molecule has 1 N–H and O–H groups in total. The second kappa shape index (κ2) is 5.99. The Labute approximate surface area is 119 Å². The third kappa shape index (κ3) is 3.24. The highest BCUT2D eigenvalue weighted by Gasteiger charge is 2.35. The van der Waals surface area contributed by atoms with Gasteiger partial charge in [0.1, 0.15) is 12.6 Å². The summed E-state index contributed by atoms with van der Waals surface area (Å²) in [5.74, 6) is -3.59. The Morgan fingerprint density at radius 1 is 1.33 bits per heavy atom. The molecule has 1 aromatic rings. The van der Waals surface area contributed by atoms with Crippen LogP contribution in [0.4, 0.5) is 8.78 Å². The van der Waals surface area contributed by atoms with Crippen LogP contribution in [0.2, 0.25) is 0 Å². The Hall–Kier alpha value is -2.31. The molecule has 1 heterocycles. The number of imide groups is 1. The number of halogens is 2. The summed E-state index contributed by atoms with van der Waals surface area (Å²) in [6.45, 7) is 1.50. The molecule has 1 aliphatic heterocycles. The molecule has 0 aromatic heterocycles. The summed E-state index contributed by atoms with van der Waals surface area (Å²) >= 11 is 0. The van der Waals surface area contributed by atoms with Crippen LogP contribution in [0, 0.1) is 11.6 Å². The minimum Gasteiger partial charge on any atom is -0.321 e. The van der Waals surface area contributed by atoms with Gasteiger partial charge in [0, 0.05) is 0 Å². The van der Waals surface area contributed by atoms with E-state index >= 15 is 0 Å². The molecule has 2 rings (SSSR count). The largest absolute Gasteiger partial charge is 0.321 e. The Balaban J connectivity index is 2.15. The number of piperazine rings is 1. The van der Waals surface area contributed by atoms with Gasteiger partial charge in [-0.15, -0.1) is 0 Å². The van der Waals surface area contributed by atoms with E-state index in [9.17, 15) is 23.2 Å². The Morgan fingerprint density at radius 2 is 2.05 bits per heavy atom. The van der Waals surface area contributed by atoms with Crippen molar-refractivity contribution in [2.45, 2.75) is 25.8 Å². The van der Waals surface area contributed by atoms with Gasteiger partial charge in [-0.25, -0.2) is 8.78 Å². The van der Waals surface area contributed by atoms with E-state index in [1.165, 1.54) is 11.0 Å². The van der Waals surface area contributed by atoms with E-state index in [0.717, 1.165) is 12.1 Å². The van der Waals surface area contributed by atoms with Crippen LogP contribution in [0.3, 0.4) is 0 Å². The second-order valence-corrected chi connectivity index (χ2v) is 4.78. The third-order valence-corrected chi connectivity index (χ3v) is 3.30. The number of benzene rings is 1. The van der Waals surface area contributed by atoms with Crippen LogP contribution in [0.25, 0.3) is 0 Å². The molecular weight excluding hydrogens is 282 g/mol. The first kappa shape index (κ1) is 15.1. The fourth-order valence-electron chi connectivity index (χ4n) is 2.26. The van der Waals surface area contributed by atoms with Gasteiger partial charge in [0.15, 0.2) is 11.6 Å². The lowest BCUT2D eigenvalue weighted by atomic mass is 10.1. The molecule has 1 unspecified atom stereocenters. The van der Waals surface area contributed by atoms with E-state index in [1.807, 2.05) is 0 Å². The van der Waals surface area contributed by atoms with Crippen molar-refractivity contribution in [3.8, 4) is 0 Å². The van der Waals surface area contributed by atoms with Crippen molar-refractivity contribution in [1.29, 1.82) is 0 Å². The SMILES string of the molecule is CCC1C(=O)NC(=O)CN1C(=O)Cc1ccc(F)c(F)c1. The zero-order chi connectivity index (χ0) is 15.6. The molecule has 1 atom stereocenters. The number of nitrogens with zero attached hydrogens (tertiary/aromatic N) is 1. The summed E-state index contributed by atoms with van der Waals surface area (Å²) < 4.78 is 26.0. The number of hydrogen-bond acceptors (Lipinski definition) is 3. The molecule has 0 bridgehead atoms. The predicted molar refractivity (Wildman–Crippen MR) is 69.0 cm³/mol. The van der Waals surface area contributed by atoms with Crippen molar-refractivity contribution in [2.24, 2.45) is 0 Å². The van der Waals surface area contributed by atoms with E-state index in [2.05, 4.69) is 5.32 Å². The van der Waals surface area contributed by atoms with Crippen molar-refractivity contribution in [2.75, 3.05) is 6.54 Å². The van der Waals surface area contributed by atoms with E-state index in [1.54, 1.807) is 6.92 Å². The van der Waals surface area contributed by atoms with Gasteiger partial charge < -0.3 is 4.90 Å². The van der Waals surface area contributed by atoms with Crippen LogP contribution in [-0.4, -0.2) is 35.2 Å². The zero-order valence-corrected chi connectivity index (χ0v) is 11.4. The molecule has 21 heavy (non-hydrogen) atoms. The number of nitrogens with one attached hydrogen (secondary N) is 1. The Bertz CT molecular complexity index is 604. The molecule has 3 amide bonds. The van der Waals surface area contributed by atoms with Crippen molar-refractivity contribution < 1.29 is 23.2 Å². The van der Waals surface area contributed by atoms with Crippen LogP contribution in [-0.2, 0) is 20.8 Å². The van der Waals surface area contributed by atoms with E-state index in [-0.39, 0.29) is 18.5 Å². The standard InChI is InChI=1S/C14H14F2N2O3/c1-2-11-14(21)17-12(19)7-18(11)13(20)6-8-3-4-9(15)10(16)5-8/h3-5,11H,2,6-7H2,1H3,(H,17,19,21). The van der Waals surface area contributed by atoms with Gasteiger partial charge in [0.05, 0.1) is 6.42 Å². The summed E-state index contributed by atoms with van der Waals surface area (Å²) in [5, 5.41) is 2.16. The molecule has 1 saturated heterocycles. The van der Waals surface area contributed by atoms with E-state index in [4.69, 9.17) is 0 Å². The quantitative estimate of drug-likeness (QED) is 0.838. The second-order valence-electron chi connectivity index (χ2n) is 4.78. The van der Waals surface area contributed by atoms with Crippen molar-refractivity contribution in [3.05, 3.63) is 35.4 Å². The lowest BCUT2D eigenvalue weighted by molar-refractivity contribution is -0.149. The van der Waals surface area contributed by atoms with Gasteiger partial charge in [0.25, 0.3) is 0 Å². The molecule has 7 heteroatoms. The molecular formula is C14H14F2N2O3. The normalized spacial score (nSPS) is 18.6. The summed E-state index contributed by atoms with van der Waals surface area (Å²) in [6.07, 6.45) is 0.164. The lowest BCUT2D eigenvalue weighted by Crippen LogP contribution is -2.59. The minimum atomic E-state index is -1.04. The number of amides is 3. The number of carbonyl (C=O) groups excluding carboxylic acids is 3. The molecule has 1 aromatic carbocycles. The third-order valence-electron chi connectivity index (χ3n) is 3.30. The molecule has 5 nitrogen and oxygen atoms in total. The topological polar surface area (TPSA) is 66.5 Å². The van der Waals surface area contributed by atoms with E-state index in [0.29, 0.717) is 6.42 Å². The maximum atomic E-state index is 13.1. The van der Waals surface area contributed by atoms with Gasteiger partial charge in [-0.2, -0.15) is 0 Å². The molecule has 1 aliphatic rings. The lowest BCUT2D eigenvalue weighted by Gasteiger charge is -2.33. The average Bonchev–Trinajstić information content (AvgIpc) is 2.42. The highest BCUT2D eigenvalue weighted by molar-refractivity contribution is 6.04. The monoisotopic (exact) mass is 296 g/mol. The van der Waals surface area contributed by atoms with Gasteiger partial charge in [-0.3, -0.25) is 19.7 Å². The number of rotatable bonds is 3. The first-order chi connectivity index (χ1) is 9.92. The molecule has 0 aliphatic carbocycles. The Morgan fingerprint density at radius 3 is 2.67 bits per heavy atom. The van der Waals surface area contributed by atoms with Gasteiger partial charge in [-0.1, -0.05) is 13.0 Å². The molecule has 112 valence electrons. The van der Waals surface area contributed by atoms with Crippen molar-refractivity contribution in [1.82, 2.24) is 10.2 Å². The molecule has 1 fully saturated rings. The van der Waals surface area contributed by atoms with Gasteiger partial charge >= 0.3 is 0 Å². The van der Waals surface area contributed by atoms with Gasteiger partial charge in [0.2, 0.25) is 17.7 Å². The maximum absolute atomic E-state index is 13.1. The van der Waals surface area contributed by atoms with Crippen molar-refractivity contribution >= 4 is 17.7 Å². The minimum absolute atomic E-state index is 0.200. The van der Waals surface area contributed by atoms with E-state index < -0.39 is 35.4 Å². The fraction of sp³-hybridized carbons (Fsp3) is 0.357. The van der Waals surface area contributed by atoms with Crippen molar-refractivity contribution in [3.63, 3.8) is 0 Å². The van der Waals surface area contributed by atoms with Crippen LogP contribution >= 0.6 is 0 Å². The fourth-order valence-corrected chi connectivity index (χ4v) is 2.26. The van der Waals surface area contributed by atoms with Gasteiger partial charge in [-0.05, 0) is 24.1 Å². The first-order valence-corrected chi connectivity index (χ1v) is 6.49. The number of carbonyl (C=O) groups is 3. The van der Waals surface area contributed by atoms with Crippen LogP contribution < -0.4 is 5.32 Å². The molecule has 0 radical (unpaired) electrons. The highest BCUT2D eigenvalue weighted by atomic mass is 19.2. The summed E-state index contributed by atoms with van der Waals surface area (Å²) in [5.41, 5.74) is 0.284. The average molecular weight is 296 g/mol. The zero-order valence-electron chi connectivity index (χ0n) is 11.4. The summed E-state index contributed by atoms with van der Waals surface area (Å²) in [6, 6.07) is 2.44. The smallest absolute Gasteiger partial charge is 0.249 e. The molecule has 0 spiro atoms. The van der Waals surface area contributed by atoms with Crippen LogP contribution in [0.15, 0.2) is 18.2 Å². The number of hydrogen-bond donors (Lipinski definition) is 1. The summed E-state index contributed by atoms with van der Waals surface area (Å²) in [4.78, 5) is 36.4. The van der Waals surface area contributed by atoms with Crippen LogP contribution in [0.5, 0.6) is 0 Å². The Kier molecular flexibility index (Phi) is 4.30. The summed E-state index contributed by atoms with van der Waals surface area (Å²) in [7, 11) is 0.